The van der Waals surface area contributed by atoms with Gasteiger partial charge in [-0.2, -0.15) is 0 Å². The molecule has 0 aliphatic carbocycles. The molecule has 1 aliphatic rings. The van der Waals surface area contributed by atoms with Crippen LogP contribution in [0.25, 0.3) is 10.8 Å². The first-order valence-corrected chi connectivity index (χ1v) is 9.42. The second kappa shape index (κ2) is 7.90. The van der Waals surface area contributed by atoms with Crippen LogP contribution in [0.15, 0.2) is 66.7 Å². The highest BCUT2D eigenvalue weighted by Gasteiger charge is 2.26. The minimum Gasteiger partial charge on any atom is -0.496 e. The van der Waals surface area contributed by atoms with Gasteiger partial charge in [-0.05, 0) is 47.9 Å². The number of benzene rings is 3. The summed E-state index contributed by atoms with van der Waals surface area (Å²) in [4.78, 5) is 0. The molecule has 26 heavy (non-hydrogen) atoms. The van der Waals surface area contributed by atoms with Crippen LogP contribution in [0.3, 0.4) is 0 Å². The molecule has 2 N–H and O–H groups in total. The van der Waals surface area contributed by atoms with Gasteiger partial charge in [-0.15, -0.1) is 0 Å². The van der Waals surface area contributed by atoms with E-state index < -0.39 is 0 Å². The van der Waals surface area contributed by atoms with Gasteiger partial charge >= 0.3 is 0 Å². The van der Waals surface area contributed by atoms with Gasteiger partial charge in [-0.3, -0.25) is 0 Å². The SMILES string of the molecule is COc1ccccc1CN[C@H]1CCCN[C@H]1c1ccc2ccccc2c1. The normalized spacial score (nSPS) is 20.2. The summed E-state index contributed by atoms with van der Waals surface area (Å²) in [6.07, 6.45) is 2.38. The number of nitrogens with one attached hydrogen (secondary N) is 2. The quantitative estimate of drug-likeness (QED) is 0.717. The number of ether oxygens (including phenoxy) is 1. The Morgan fingerprint density at radius 3 is 2.69 bits per heavy atom. The maximum absolute atomic E-state index is 5.49. The monoisotopic (exact) mass is 346 g/mol. The first-order valence-electron chi connectivity index (χ1n) is 9.42. The van der Waals surface area contributed by atoms with Crippen LogP contribution in [0.2, 0.25) is 0 Å². The van der Waals surface area contributed by atoms with Crippen LogP contribution in [0, 0.1) is 0 Å². The van der Waals surface area contributed by atoms with Gasteiger partial charge < -0.3 is 15.4 Å². The highest BCUT2D eigenvalue weighted by atomic mass is 16.5. The summed E-state index contributed by atoms with van der Waals surface area (Å²) in [5.41, 5.74) is 2.57. The fraction of sp³-hybridized carbons (Fsp3) is 0.304. The van der Waals surface area contributed by atoms with Gasteiger partial charge in [0, 0.05) is 24.2 Å². The summed E-state index contributed by atoms with van der Waals surface area (Å²) in [5, 5.41) is 10.1. The standard InChI is InChI=1S/C23H26N2O/c1-26-22-11-5-4-9-20(22)16-25-21-10-6-14-24-23(21)19-13-12-17-7-2-3-8-18(17)15-19/h2-5,7-9,11-13,15,21,23-25H,6,10,14,16H2,1H3/t21-,23-/m0/s1. The van der Waals surface area contributed by atoms with Crippen LogP contribution in [0.4, 0.5) is 0 Å². The lowest BCUT2D eigenvalue weighted by Crippen LogP contribution is -2.45. The van der Waals surface area contributed by atoms with E-state index >= 15 is 0 Å². The first kappa shape index (κ1) is 17.1. The molecule has 2 atom stereocenters. The van der Waals surface area contributed by atoms with Crippen molar-refractivity contribution in [3.8, 4) is 5.75 Å². The highest BCUT2D eigenvalue weighted by Crippen LogP contribution is 2.27. The molecule has 3 nitrogen and oxygen atoms in total. The van der Waals surface area contributed by atoms with Crippen molar-refractivity contribution < 1.29 is 4.74 Å². The molecule has 0 saturated carbocycles. The maximum atomic E-state index is 5.49. The van der Waals surface area contributed by atoms with E-state index in [9.17, 15) is 0 Å². The van der Waals surface area contributed by atoms with Crippen LogP contribution in [0.1, 0.15) is 30.0 Å². The van der Waals surface area contributed by atoms with Crippen LogP contribution < -0.4 is 15.4 Å². The van der Waals surface area contributed by atoms with Gasteiger partial charge in [0.15, 0.2) is 0 Å². The van der Waals surface area contributed by atoms with Crippen molar-refractivity contribution in [2.45, 2.75) is 31.5 Å². The van der Waals surface area contributed by atoms with E-state index in [-0.39, 0.29) is 0 Å². The number of rotatable bonds is 5. The van der Waals surface area contributed by atoms with Gasteiger partial charge in [0.05, 0.1) is 7.11 Å². The van der Waals surface area contributed by atoms with Gasteiger partial charge in [0.1, 0.15) is 5.75 Å². The van der Waals surface area contributed by atoms with Crippen molar-refractivity contribution in [3.63, 3.8) is 0 Å². The smallest absolute Gasteiger partial charge is 0.123 e. The van der Waals surface area contributed by atoms with Crippen LogP contribution in [0.5, 0.6) is 5.75 Å². The molecular weight excluding hydrogens is 320 g/mol. The maximum Gasteiger partial charge on any atom is 0.123 e. The third-order valence-electron chi connectivity index (χ3n) is 5.34. The highest BCUT2D eigenvalue weighted by molar-refractivity contribution is 5.83. The van der Waals surface area contributed by atoms with Crippen molar-refractivity contribution in [2.75, 3.05) is 13.7 Å². The predicted molar refractivity (Wildman–Crippen MR) is 108 cm³/mol. The third kappa shape index (κ3) is 3.59. The zero-order valence-electron chi connectivity index (χ0n) is 15.2. The van der Waals surface area contributed by atoms with E-state index in [1.54, 1.807) is 7.11 Å². The summed E-state index contributed by atoms with van der Waals surface area (Å²) in [7, 11) is 1.74. The molecule has 134 valence electrons. The summed E-state index contributed by atoms with van der Waals surface area (Å²) >= 11 is 0. The molecule has 0 amide bonds. The fourth-order valence-electron chi connectivity index (χ4n) is 3.95. The Morgan fingerprint density at radius 1 is 1.00 bits per heavy atom. The second-order valence-corrected chi connectivity index (χ2v) is 6.98. The van der Waals surface area contributed by atoms with Crippen LogP contribution >= 0.6 is 0 Å². The minimum atomic E-state index is 0.336. The summed E-state index contributed by atoms with van der Waals surface area (Å²) < 4.78 is 5.49. The number of para-hydroxylation sites is 1. The topological polar surface area (TPSA) is 33.3 Å². The minimum absolute atomic E-state index is 0.336. The van der Waals surface area contributed by atoms with E-state index in [2.05, 4.69) is 65.2 Å². The van der Waals surface area contributed by atoms with E-state index in [1.165, 1.54) is 34.7 Å². The van der Waals surface area contributed by atoms with Gasteiger partial charge in [-0.25, -0.2) is 0 Å². The Kier molecular flexibility index (Phi) is 5.19. The molecule has 0 spiro atoms. The molecule has 1 fully saturated rings. The van der Waals surface area contributed by atoms with Gasteiger partial charge in [-0.1, -0.05) is 54.6 Å². The zero-order chi connectivity index (χ0) is 17.8. The molecule has 1 saturated heterocycles. The molecular formula is C23H26N2O. The van der Waals surface area contributed by atoms with Crippen molar-refractivity contribution in [1.82, 2.24) is 10.6 Å². The molecule has 1 aliphatic heterocycles. The largest absolute Gasteiger partial charge is 0.496 e. The summed E-state index contributed by atoms with van der Waals surface area (Å²) in [6.45, 7) is 1.89. The Bertz CT molecular complexity index is 877. The summed E-state index contributed by atoms with van der Waals surface area (Å²) in [5.74, 6) is 0.950. The Labute approximate surface area is 155 Å². The lowest BCUT2D eigenvalue weighted by Gasteiger charge is -2.34. The number of piperidine rings is 1. The average Bonchev–Trinajstić information content (AvgIpc) is 2.72. The zero-order valence-corrected chi connectivity index (χ0v) is 15.2. The van der Waals surface area contributed by atoms with Crippen molar-refractivity contribution in [3.05, 3.63) is 77.9 Å². The van der Waals surface area contributed by atoms with Gasteiger partial charge in [0.25, 0.3) is 0 Å². The predicted octanol–water partition coefficient (Wildman–Crippen LogP) is 4.43. The molecule has 0 bridgehead atoms. The second-order valence-electron chi connectivity index (χ2n) is 6.98. The van der Waals surface area contributed by atoms with Gasteiger partial charge in [0.2, 0.25) is 0 Å². The van der Waals surface area contributed by atoms with Crippen molar-refractivity contribution in [2.24, 2.45) is 0 Å². The Morgan fingerprint density at radius 2 is 1.81 bits per heavy atom. The lowest BCUT2D eigenvalue weighted by atomic mass is 9.91. The number of hydrogen-bond acceptors (Lipinski definition) is 3. The molecule has 3 heteroatoms. The van der Waals surface area contributed by atoms with E-state index in [4.69, 9.17) is 4.74 Å². The molecule has 1 heterocycles. The molecule has 3 aromatic carbocycles. The van der Waals surface area contributed by atoms with Crippen LogP contribution in [-0.2, 0) is 6.54 Å². The van der Waals surface area contributed by atoms with E-state index in [0.717, 1.165) is 18.8 Å². The molecule has 0 radical (unpaired) electrons. The van der Waals surface area contributed by atoms with E-state index in [0.29, 0.717) is 12.1 Å². The van der Waals surface area contributed by atoms with E-state index in [1.807, 2.05) is 12.1 Å². The molecule has 0 aromatic heterocycles. The average molecular weight is 346 g/mol. The number of hydrogen-bond donors (Lipinski definition) is 2. The van der Waals surface area contributed by atoms with Crippen molar-refractivity contribution >= 4 is 10.8 Å². The summed E-state index contributed by atoms with van der Waals surface area (Å²) in [6, 6.07) is 24.4. The molecule has 0 unspecified atom stereocenters. The lowest BCUT2D eigenvalue weighted by molar-refractivity contribution is 0.303. The number of fused-ring (bicyclic) bond motifs is 1. The Hall–Kier alpha value is -2.36. The van der Waals surface area contributed by atoms with Crippen molar-refractivity contribution in [1.29, 1.82) is 0 Å². The van der Waals surface area contributed by atoms with Crippen LogP contribution in [-0.4, -0.2) is 19.7 Å². The molecule has 4 rings (SSSR count). The third-order valence-corrected chi connectivity index (χ3v) is 5.34. The fourth-order valence-corrected chi connectivity index (χ4v) is 3.95. The first-order chi connectivity index (χ1) is 12.8. The molecule has 3 aromatic rings. The number of methoxy groups -OCH3 is 1. The Balaban J connectivity index is 1.54.